The fourth-order valence-corrected chi connectivity index (χ4v) is 7.79. The zero-order valence-electron chi connectivity index (χ0n) is 19.9. The second kappa shape index (κ2) is 8.17. The normalized spacial score (nSPS) is 34.8. The zero-order valence-corrected chi connectivity index (χ0v) is 21.4. The zero-order chi connectivity index (χ0) is 26.3. The van der Waals surface area contributed by atoms with Crippen molar-refractivity contribution in [1.82, 2.24) is 9.80 Å². The van der Waals surface area contributed by atoms with Crippen molar-refractivity contribution in [1.29, 1.82) is 0 Å². The Hall–Kier alpha value is -3.16. The van der Waals surface area contributed by atoms with E-state index in [1.54, 1.807) is 12.1 Å². The summed E-state index contributed by atoms with van der Waals surface area (Å²) in [5.41, 5.74) is 2.17. The van der Waals surface area contributed by atoms with E-state index in [0.717, 1.165) is 16.0 Å². The molecule has 2 saturated heterocycles. The SMILES string of the molecule is CN1C(=O)C2(Cl)CC3C(=CCC4C(=O)N(Cc5ccccc5)C(=O)C43)C(c3ccc(O)cc3)C2(Cl)C1=O. The van der Waals surface area contributed by atoms with Crippen molar-refractivity contribution in [3.8, 4) is 5.75 Å². The first-order chi connectivity index (χ1) is 17.6. The summed E-state index contributed by atoms with van der Waals surface area (Å²) in [5.74, 6) is -4.38. The summed E-state index contributed by atoms with van der Waals surface area (Å²) in [5, 5.41) is 9.87. The van der Waals surface area contributed by atoms with Crippen LogP contribution in [0.4, 0.5) is 0 Å². The van der Waals surface area contributed by atoms with Gasteiger partial charge in [0.05, 0.1) is 18.4 Å². The van der Waals surface area contributed by atoms with Crippen LogP contribution < -0.4 is 0 Å². The maximum Gasteiger partial charge on any atom is 0.253 e. The number of allylic oxidation sites excluding steroid dienone is 2. The number of carbonyl (C=O) groups is 4. The number of nitrogens with zero attached hydrogens (tertiary/aromatic N) is 2. The lowest BCUT2D eigenvalue weighted by Crippen LogP contribution is -2.60. The van der Waals surface area contributed by atoms with Crippen LogP contribution in [-0.2, 0) is 25.7 Å². The van der Waals surface area contributed by atoms with Gasteiger partial charge in [0.25, 0.3) is 11.8 Å². The number of carbonyl (C=O) groups excluding carboxylic acids is 4. The third kappa shape index (κ3) is 3.13. The molecule has 1 N–H and O–H groups in total. The third-order valence-corrected chi connectivity index (χ3v) is 9.93. The largest absolute Gasteiger partial charge is 0.508 e. The summed E-state index contributed by atoms with van der Waals surface area (Å²) >= 11 is 14.2. The first-order valence-electron chi connectivity index (χ1n) is 12.2. The van der Waals surface area contributed by atoms with E-state index in [4.69, 9.17) is 23.2 Å². The monoisotopic (exact) mass is 538 g/mol. The average molecular weight is 539 g/mol. The molecule has 2 aromatic carbocycles. The van der Waals surface area contributed by atoms with Crippen molar-refractivity contribution >= 4 is 46.8 Å². The molecule has 4 aliphatic rings. The van der Waals surface area contributed by atoms with E-state index < -0.39 is 45.2 Å². The Morgan fingerprint density at radius 2 is 1.59 bits per heavy atom. The van der Waals surface area contributed by atoms with E-state index in [-0.39, 0.29) is 30.5 Å². The molecule has 2 aliphatic carbocycles. The summed E-state index contributed by atoms with van der Waals surface area (Å²) in [4.78, 5) is 52.7. The molecule has 2 aromatic rings. The minimum Gasteiger partial charge on any atom is -0.508 e. The summed E-state index contributed by atoms with van der Waals surface area (Å²) in [6, 6.07) is 15.6. The molecule has 3 fully saturated rings. The summed E-state index contributed by atoms with van der Waals surface area (Å²) in [6.07, 6.45) is 2.19. The first-order valence-corrected chi connectivity index (χ1v) is 12.9. The number of likely N-dealkylation sites (tertiary alicyclic amines) is 2. The van der Waals surface area contributed by atoms with Crippen LogP contribution >= 0.6 is 23.2 Å². The van der Waals surface area contributed by atoms with Crippen LogP contribution in [0.1, 0.15) is 29.9 Å². The highest BCUT2D eigenvalue weighted by Gasteiger charge is 2.75. The molecular weight excluding hydrogens is 515 g/mol. The Kier molecular flexibility index (Phi) is 5.34. The molecule has 0 spiro atoms. The van der Waals surface area contributed by atoms with Gasteiger partial charge in [-0.05, 0) is 42.0 Å². The van der Waals surface area contributed by atoms with Gasteiger partial charge in [-0.15, -0.1) is 23.2 Å². The molecule has 7 nitrogen and oxygen atoms in total. The Morgan fingerprint density at radius 1 is 0.919 bits per heavy atom. The van der Waals surface area contributed by atoms with Crippen molar-refractivity contribution in [3.63, 3.8) is 0 Å². The fourth-order valence-electron chi connectivity index (χ4n) is 6.77. The number of hydrogen-bond acceptors (Lipinski definition) is 5. The fraction of sp³-hybridized carbons (Fsp3) is 0.357. The highest BCUT2D eigenvalue weighted by molar-refractivity contribution is 6.53. The number of phenolic OH excluding ortho intramolecular Hbond substituents is 1. The first kappa shape index (κ1) is 24.2. The van der Waals surface area contributed by atoms with E-state index in [0.29, 0.717) is 12.0 Å². The molecule has 37 heavy (non-hydrogen) atoms. The van der Waals surface area contributed by atoms with Gasteiger partial charge in [-0.2, -0.15) is 0 Å². The van der Waals surface area contributed by atoms with Gasteiger partial charge >= 0.3 is 0 Å². The van der Waals surface area contributed by atoms with E-state index in [2.05, 4.69) is 0 Å². The van der Waals surface area contributed by atoms with E-state index in [9.17, 15) is 24.3 Å². The van der Waals surface area contributed by atoms with Gasteiger partial charge < -0.3 is 5.11 Å². The Balaban J connectivity index is 1.47. The standard InChI is InChI=1S/C28H24Cl2N2O5/c1-31-25(36)27(29)13-20-18(22(28(27,30)26(31)37)16-7-9-17(33)10-8-16)11-12-19-21(20)24(35)32(23(19)34)14-15-5-3-2-4-6-15/h2-11,19-22,33H,12-14H2,1H3. The van der Waals surface area contributed by atoms with Gasteiger partial charge in [0.2, 0.25) is 11.8 Å². The third-order valence-electron chi connectivity index (χ3n) is 8.52. The van der Waals surface area contributed by atoms with Crippen molar-refractivity contribution in [2.24, 2.45) is 17.8 Å². The number of alkyl halides is 2. The molecule has 0 bridgehead atoms. The Morgan fingerprint density at radius 3 is 2.27 bits per heavy atom. The number of halogens is 2. The molecule has 6 atom stereocenters. The van der Waals surface area contributed by atoms with Crippen LogP contribution in [0.3, 0.4) is 0 Å². The summed E-state index contributed by atoms with van der Waals surface area (Å²) in [6.45, 7) is 0.167. The maximum absolute atomic E-state index is 13.8. The number of phenols is 1. The number of amides is 4. The maximum atomic E-state index is 13.8. The summed E-state index contributed by atoms with van der Waals surface area (Å²) in [7, 11) is 1.36. The topological polar surface area (TPSA) is 95.0 Å². The number of aromatic hydroxyl groups is 1. The van der Waals surface area contributed by atoms with Crippen molar-refractivity contribution in [3.05, 3.63) is 77.4 Å². The quantitative estimate of drug-likeness (QED) is 0.366. The average Bonchev–Trinajstić information content (AvgIpc) is 3.20. The number of benzene rings is 2. The molecule has 2 aliphatic heterocycles. The minimum atomic E-state index is -1.82. The molecule has 2 heterocycles. The van der Waals surface area contributed by atoms with Crippen molar-refractivity contribution < 1.29 is 24.3 Å². The molecule has 6 rings (SSSR count). The number of fused-ring (bicyclic) bond motifs is 4. The van der Waals surface area contributed by atoms with Gasteiger partial charge in [0.15, 0.2) is 9.75 Å². The number of rotatable bonds is 3. The molecule has 0 radical (unpaired) electrons. The van der Waals surface area contributed by atoms with E-state index in [1.165, 1.54) is 24.1 Å². The highest BCUT2D eigenvalue weighted by atomic mass is 35.5. The molecule has 0 aromatic heterocycles. The summed E-state index contributed by atoms with van der Waals surface area (Å²) < 4.78 is 0. The molecule has 9 heteroatoms. The lowest BCUT2D eigenvalue weighted by molar-refractivity contribution is -0.141. The molecule has 190 valence electrons. The predicted molar refractivity (Wildman–Crippen MR) is 136 cm³/mol. The number of hydrogen-bond donors (Lipinski definition) is 1. The molecule has 1 saturated carbocycles. The van der Waals surface area contributed by atoms with Gasteiger partial charge in [-0.3, -0.25) is 29.0 Å². The van der Waals surface area contributed by atoms with Crippen molar-refractivity contribution in [2.45, 2.75) is 35.1 Å². The van der Waals surface area contributed by atoms with Crippen LogP contribution in [0, 0.1) is 17.8 Å². The van der Waals surface area contributed by atoms with Gasteiger partial charge in [-0.1, -0.05) is 54.1 Å². The predicted octanol–water partition coefficient (Wildman–Crippen LogP) is 3.58. The second-order valence-corrected chi connectivity index (χ2v) is 11.6. The van der Waals surface area contributed by atoms with Crippen LogP contribution in [0.25, 0.3) is 0 Å². The smallest absolute Gasteiger partial charge is 0.253 e. The Labute approximate surface area is 223 Å². The molecule has 6 unspecified atom stereocenters. The molecular formula is C28H24Cl2N2O5. The van der Waals surface area contributed by atoms with Gasteiger partial charge in [-0.25, -0.2) is 0 Å². The van der Waals surface area contributed by atoms with E-state index >= 15 is 0 Å². The van der Waals surface area contributed by atoms with Crippen LogP contribution in [0.15, 0.2) is 66.2 Å². The number of imide groups is 2. The van der Waals surface area contributed by atoms with Crippen molar-refractivity contribution in [2.75, 3.05) is 7.05 Å². The lowest BCUT2D eigenvalue weighted by atomic mass is 9.56. The Bertz CT molecular complexity index is 1380. The van der Waals surface area contributed by atoms with Crippen LogP contribution in [0.5, 0.6) is 5.75 Å². The lowest BCUT2D eigenvalue weighted by Gasteiger charge is -2.50. The minimum absolute atomic E-state index is 0.0350. The second-order valence-electron chi connectivity index (χ2n) is 10.3. The molecule has 4 amide bonds. The highest BCUT2D eigenvalue weighted by Crippen LogP contribution is 2.65. The van der Waals surface area contributed by atoms with Gasteiger partial charge in [0.1, 0.15) is 5.75 Å². The van der Waals surface area contributed by atoms with E-state index in [1.807, 2.05) is 36.4 Å². The van der Waals surface area contributed by atoms with Gasteiger partial charge in [0, 0.05) is 13.0 Å². The van der Waals surface area contributed by atoms with Crippen LogP contribution in [0.2, 0.25) is 0 Å². The van der Waals surface area contributed by atoms with Crippen LogP contribution in [-0.4, -0.2) is 55.3 Å².